The molecule has 3 rings (SSSR count). The van der Waals surface area contributed by atoms with Crippen LogP contribution in [-0.4, -0.2) is 35.9 Å². The summed E-state index contributed by atoms with van der Waals surface area (Å²) in [5.41, 5.74) is 1.56. The molecule has 0 aliphatic heterocycles. The highest BCUT2D eigenvalue weighted by molar-refractivity contribution is 6.35. The summed E-state index contributed by atoms with van der Waals surface area (Å²) in [6.07, 6.45) is 0.311. The quantitative estimate of drug-likeness (QED) is 0.313. The summed E-state index contributed by atoms with van der Waals surface area (Å²) in [4.78, 5) is 28.1. The van der Waals surface area contributed by atoms with Gasteiger partial charge in [0, 0.05) is 34.6 Å². The minimum Gasteiger partial charge on any atom is -0.482 e. The zero-order valence-corrected chi connectivity index (χ0v) is 22.0. The van der Waals surface area contributed by atoms with E-state index in [0.717, 1.165) is 5.56 Å². The first-order valence-electron chi connectivity index (χ1n) is 10.9. The molecule has 3 aromatic rings. The predicted molar refractivity (Wildman–Crippen MR) is 142 cm³/mol. The maximum atomic E-state index is 13.5. The van der Waals surface area contributed by atoms with Crippen molar-refractivity contribution in [3.63, 3.8) is 0 Å². The zero-order valence-electron chi connectivity index (χ0n) is 18.9. The highest BCUT2D eigenvalue weighted by Gasteiger charge is 2.31. The number of hydrogen-bond acceptors (Lipinski definition) is 3. The Hall–Kier alpha value is -2.44. The molecule has 0 spiro atoms. The van der Waals surface area contributed by atoms with Gasteiger partial charge in [-0.2, -0.15) is 0 Å². The van der Waals surface area contributed by atoms with Crippen molar-refractivity contribution in [3.05, 3.63) is 97.9 Å². The first-order valence-corrected chi connectivity index (χ1v) is 12.4. The monoisotopic (exact) mass is 552 g/mol. The lowest BCUT2D eigenvalue weighted by atomic mass is 10.0. The van der Waals surface area contributed by atoms with Crippen LogP contribution in [0.1, 0.15) is 18.1 Å². The molecule has 0 saturated heterocycles. The highest BCUT2D eigenvalue weighted by atomic mass is 35.5. The molecule has 184 valence electrons. The Bertz CT molecular complexity index is 1170. The van der Waals surface area contributed by atoms with Gasteiger partial charge < -0.3 is 15.0 Å². The average Bonchev–Trinajstić information content (AvgIpc) is 2.82. The van der Waals surface area contributed by atoms with Crippen molar-refractivity contribution >= 4 is 58.2 Å². The normalized spacial score (nSPS) is 11.6. The van der Waals surface area contributed by atoms with E-state index in [4.69, 9.17) is 51.1 Å². The van der Waals surface area contributed by atoms with E-state index in [1.54, 1.807) is 30.3 Å². The summed E-state index contributed by atoms with van der Waals surface area (Å²) in [7, 11) is 0. The number of ether oxygens (including phenoxy) is 1. The van der Waals surface area contributed by atoms with Crippen LogP contribution in [0.15, 0.2) is 66.7 Å². The van der Waals surface area contributed by atoms with Gasteiger partial charge in [0.1, 0.15) is 11.8 Å². The number of benzene rings is 3. The number of nitrogens with zero attached hydrogens (tertiary/aromatic N) is 1. The maximum absolute atomic E-state index is 13.5. The lowest BCUT2D eigenvalue weighted by Crippen LogP contribution is -2.51. The van der Waals surface area contributed by atoms with Crippen LogP contribution in [-0.2, 0) is 22.6 Å². The molecular weight excluding hydrogens is 530 g/mol. The topological polar surface area (TPSA) is 58.6 Å². The number of halogens is 4. The number of carbonyl (C=O) groups is 2. The molecule has 0 bridgehead atoms. The van der Waals surface area contributed by atoms with E-state index in [0.29, 0.717) is 39.3 Å². The van der Waals surface area contributed by atoms with E-state index in [-0.39, 0.29) is 24.1 Å². The van der Waals surface area contributed by atoms with Gasteiger partial charge in [0.25, 0.3) is 5.91 Å². The minimum absolute atomic E-state index is 0.0845. The van der Waals surface area contributed by atoms with Crippen molar-refractivity contribution < 1.29 is 14.3 Å². The van der Waals surface area contributed by atoms with Crippen LogP contribution >= 0.6 is 46.4 Å². The summed E-state index contributed by atoms with van der Waals surface area (Å²) >= 11 is 24.6. The number of rotatable bonds is 10. The Balaban J connectivity index is 1.93. The number of likely N-dealkylation sites (N-methyl/N-ethyl adjacent to an activating group) is 1. The van der Waals surface area contributed by atoms with Crippen molar-refractivity contribution in [1.29, 1.82) is 0 Å². The molecule has 5 nitrogen and oxygen atoms in total. The highest BCUT2D eigenvalue weighted by Crippen LogP contribution is 2.28. The zero-order chi connectivity index (χ0) is 25.4. The average molecular weight is 554 g/mol. The number of amides is 2. The molecular formula is C26H24Cl4N2O3. The number of nitrogens with one attached hydrogen (secondary N) is 1. The van der Waals surface area contributed by atoms with Gasteiger partial charge in [-0.3, -0.25) is 9.59 Å². The fourth-order valence-corrected chi connectivity index (χ4v) is 4.43. The molecule has 2 amide bonds. The summed E-state index contributed by atoms with van der Waals surface area (Å²) < 4.78 is 5.69. The molecule has 1 N–H and O–H groups in total. The van der Waals surface area contributed by atoms with E-state index in [2.05, 4.69) is 5.32 Å². The molecule has 0 heterocycles. The molecule has 35 heavy (non-hydrogen) atoms. The first kappa shape index (κ1) is 27.2. The summed E-state index contributed by atoms with van der Waals surface area (Å²) in [5.74, 6) is -0.375. The van der Waals surface area contributed by atoms with Gasteiger partial charge >= 0.3 is 0 Å². The molecule has 0 aliphatic carbocycles. The third-order valence-corrected chi connectivity index (χ3v) is 6.34. The smallest absolute Gasteiger partial charge is 0.261 e. The van der Waals surface area contributed by atoms with Crippen molar-refractivity contribution in [3.8, 4) is 5.75 Å². The van der Waals surface area contributed by atoms with Gasteiger partial charge in [-0.05, 0) is 48.4 Å². The first-order chi connectivity index (χ1) is 16.8. The largest absolute Gasteiger partial charge is 0.482 e. The van der Waals surface area contributed by atoms with Gasteiger partial charge in [-0.1, -0.05) is 82.8 Å². The van der Waals surface area contributed by atoms with Crippen LogP contribution in [0, 0.1) is 0 Å². The lowest BCUT2D eigenvalue weighted by Gasteiger charge is -2.31. The second kappa shape index (κ2) is 13.0. The van der Waals surface area contributed by atoms with Crippen molar-refractivity contribution in [2.24, 2.45) is 0 Å². The molecule has 3 aromatic carbocycles. The van der Waals surface area contributed by atoms with E-state index in [1.807, 2.05) is 37.3 Å². The van der Waals surface area contributed by atoms with Crippen LogP contribution in [0.25, 0.3) is 0 Å². The lowest BCUT2D eigenvalue weighted by molar-refractivity contribution is -0.142. The molecule has 0 radical (unpaired) electrons. The van der Waals surface area contributed by atoms with E-state index >= 15 is 0 Å². The molecule has 0 aliphatic rings. The fraction of sp³-hybridized carbons (Fsp3) is 0.231. The van der Waals surface area contributed by atoms with E-state index in [9.17, 15) is 9.59 Å². The van der Waals surface area contributed by atoms with Gasteiger partial charge in [0.05, 0.1) is 5.02 Å². The molecule has 0 aromatic heterocycles. The second-order valence-corrected chi connectivity index (χ2v) is 9.41. The van der Waals surface area contributed by atoms with Gasteiger partial charge in [-0.25, -0.2) is 0 Å². The number of carbonyl (C=O) groups excluding carboxylic acids is 2. The predicted octanol–water partition coefficient (Wildman–Crippen LogP) is 6.46. The van der Waals surface area contributed by atoms with Crippen LogP contribution in [0.2, 0.25) is 20.1 Å². The van der Waals surface area contributed by atoms with Crippen LogP contribution in [0.3, 0.4) is 0 Å². The summed E-state index contributed by atoms with van der Waals surface area (Å²) in [5, 5.41) is 4.44. The van der Waals surface area contributed by atoms with Crippen LogP contribution in [0.4, 0.5) is 0 Å². The van der Waals surface area contributed by atoms with E-state index < -0.39 is 11.9 Å². The SMILES string of the molecule is CCNC(=O)C(Cc1ccccc1)N(Cc1ccc(Cl)cc1Cl)C(=O)COc1ccc(Cl)cc1Cl. The number of hydrogen-bond donors (Lipinski definition) is 1. The third kappa shape index (κ3) is 7.77. The Morgan fingerprint density at radius 2 is 1.57 bits per heavy atom. The standard InChI is InChI=1S/C26H24Cl4N2O3/c1-2-31-26(34)23(12-17-6-4-3-5-7-17)32(15-18-8-9-19(27)13-21(18)29)25(33)16-35-24-11-10-20(28)14-22(24)30/h3-11,13-14,23H,2,12,15-16H2,1H3,(H,31,34). The fourth-order valence-electron chi connectivity index (χ4n) is 3.49. The second-order valence-electron chi connectivity index (χ2n) is 7.72. The minimum atomic E-state index is -0.805. The van der Waals surface area contributed by atoms with Gasteiger partial charge in [-0.15, -0.1) is 0 Å². The van der Waals surface area contributed by atoms with Crippen molar-refractivity contribution in [1.82, 2.24) is 10.2 Å². The van der Waals surface area contributed by atoms with Gasteiger partial charge in [0.15, 0.2) is 6.61 Å². The molecule has 1 atom stereocenters. The molecule has 0 saturated carbocycles. The molecule has 0 fully saturated rings. The van der Waals surface area contributed by atoms with Crippen molar-refractivity contribution in [2.45, 2.75) is 25.9 Å². The molecule has 1 unspecified atom stereocenters. The van der Waals surface area contributed by atoms with Crippen molar-refractivity contribution in [2.75, 3.05) is 13.2 Å². The Morgan fingerprint density at radius 1 is 0.914 bits per heavy atom. The van der Waals surface area contributed by atoms with Crippen LogP contribution in [0.5, 0.6) is 5.75 Å². The van der Waals surface area contributed by atoms with Crippen LogP contribution < -0.4 is 10.1 Å². The summed E-state index contributed by atoms with van der Waals surface area (Å²) in [6.45, 7) is 1.99. The van der Waals surface area contributed by atoms with Gasteiger partial charge in [0.2, 0.25) is 5.91 Å². The summed E-state index contributed by atoms with van der Waals surface area (Å²) in [6, 6.07) is 18.4. The Labute approximate surface area is 224 Å². The molecule has 9 heteroatoms. The van der Waals surface area contributed by atoms with E-state index in [1.165, 1.54) is 11.0 Å². The Kier molecular flexibility index (Phi) is 10.1. The third-order valence-electron chi connectivity index (χ3n) is 5.22. The Morgan fingerprint density at radius 3 is 2.20 bits per heavy atom. The maximum Gasteiger partial charge on any atom is 0.261 e.